The van der Waals surface area contributed by atoms with Crippen molar-refractivity contribution in [3.63, 3.8) is 0 Å². The zero-order chi connectivity index (χ0) is 7.28. The lowest BCUT2D eigenvalue weighted by Crippen LogP contribution is -2.36. The lowest BCUT2D eigenvalue weighted by atomic mass is 10.3. The molecule has 4 nitrogen and oxygen atoms in total. The van der Waals surface area contributed by atoms with Gasteiger partial charge in [0.05, 0.1) is 6.61 Å². The van der Waals surface area contributed by atoms with Gasteiger partial charge < -0.3 is 15.2 Å². The Kier molecular flexibility index (Phi) is 3.62. The van der Waals surface area contributed by atoms with Crippen LogP contribution >= 0.6 is 0 Å². The number of nitrogens with one attached hydrogen (secondary N) is 1. The molecule has 2 N–H and O–H groups in total. The molecule has 52 valence electrons. The average Bonchev–Trinajstić information content (AvgIpc) is 1.82. The Morgan fingerprint density at radius 1 is 1.89 bits per heavy atom. The minimum Gasteiger partial charge on any atom is -0.394 e. The van der Waals surface area contributed by atoms with Gasteiger partial charge in [-0.1, -0.05) is 0 Å². The number of carbonyl (C=O) groups is 2. The van der Waals surface area contributed by atoms with Crippen molar-refractivity contribution in [1.82, 2.24) is 5.32 Å². The first-order chi connectivity index (χ1) is 4.20. The van der Waals surface area contributed by atoms with Crippen LogP contribution in [0.2, 0.25) is 0 Å². The number of aldehydes is 1. The molecule has 0 spiro atoms. The molecule has 0 unspecified atom stereocenters. The molecule has 0 aromatic heterocycles. The van der Waals surface area contributed by atoms with Gasteiger partial charge in [-0.05, 0) is 0 Å². The van der Waals surface area contributed by atoms with Crippen molar-refractivity contribution in [3.8, 4) is 0 Å². The second kappa shape index (κ2) is 4.03. The fourth-order valence-corrected chi connectivity index (χ4v) is 0.384. The average molecular weight is 131 g/mol. The third-order valence-electron chi connectivity index (χ3n) is 0.750. The predicted molar refractivity (Wildman–Crippen MR) is 30.8 cm³/mol. The Balaban J connectivity index is 3.55. The Bertz CT molecular complexity index is 113. The minimum atomic E-state index is -0.748. The van der Waals surface area contributed by atoms with Crippen LogP contribution in [0.3, 0.4) is 0 Å². The van der Waals surface area contributed by atoms with Gasteiger partial charge in [-0.15, -0.1) is 0 Å². The number of hydrogen-bond donors (Lipinski definition) is 2. The molecule has 0 aromatic carbocycles. The highest BCUT2D eigenvalue weighted by molar-refractivity contribution is 5.77. The van der Waals surface area contributed by atoms with E-state index in [1.807, 2.05) is 0 Å². The van der Waals surface area contributed by atoms with Gasteiger partial charge >= 0.3 is 0 Å². The minimum absolute atomic E-state index is 0.318. The summed E-state index contributed by atoms with van der Waals surface area (Å²) in [4.78, 5) is 20.1. The Morgan fingerprint density at radius 3 is 2.56 bits per heavy atom. The van der Waals surface area contributed by atoms with Crippen LogP contribution in [-0.4, -0.2) is 29.9 Å². The Labute approximate surface area is 52.9 Å². The highest BCUT2D eigenvalue weighted by Gasteiger charge is 2.04. The van der Waals surface area contributed by atoms with Crippen molar-refractivity contribution >= 4 is 12.2 Å². The van der Waals surface area contributed by atoms with Crippen molar-refractivity contribution in [2.75, 3.05) is 6.61 Å². The van der Waals surface area contributed by atoms with Crippen LogP contribution in [-0.2, 0) is 9.59 Å². The number of aliphatic hydroxyl groups excluding tert-OH is 1. The highest BCUT2D eigenvalue weighted by atomic mass is 16.3. The number of hydrogen-bond acceptors (Lipinski definition) is 3. The van der Waals surface area contributed by atoms with Crippen LogP contribution in [0.1, 0.15) is 6.92 Å². The van der Waals surface area contributed by atoms with Gasteiger partial charge in [0.1, 0.15) is 12.3 Å². The van der Waals surface area contributed by atoms with E-state index in [2.05, 4.69) is 5.32 Å². The lowest BCUT2D eigenvalue weighted by molar-refractivity contribution is -0.122. The van der Waals surface area contributed by atoms with Crippen molar-refractivity contribution in [3.05, 3.63) is 0 Å². The monoisotopic (exact) mass is 131 g/mol. The SMILES string of the molecule is CC(=O)N[C@@H](C=O)CO. The number of aliphatic hydroxyl groups is 1. The molecule has 9 heavy (non-hydrogen) atoms. The van der Waals surface area contributed by atoms with E-state index in [9.17, 15) is 9.59 Å². The number of amides is 1. The molecule has 0 saturated carbocycles. The fraction of sp³-hybridized carbons (Fsp3) is 0.600. The second-order valence-corrected chi connectivity index (χ2v) is 1.63. The van der Waals surface area contributed by atoms with Gasteiger partial charge in [-0.3, -0.25) is 4.79 Å². The zero-order valence-electron chi connectivity index (χ0n) is 5.13. The summed E-state index contributed by atoms with van der Waals surface area (Å²) < 4.78 is 0. The summed E-state index contributed by atoms with van der Waals surface area (Å²) >= 11 is 0. The molecule has 0 aliphatic heterocycles. The maximum Gasteiger partial charge on any atom is 0.217 e. The summed E-state index contributed by atoms with van der Waals surface area (Å²) in [5.41, 5.74) is 0. The fourth-order valence-electron chi connectivity index (χ4n) is 0.384. The smallest absolute Gasteiger partial charge is 0.217 e. The zero-order valence-corrected chi connectivity index (χ0v) is 5.13. The van der Waals surface area contributed by atoms with E-state index in [0.29, 0.717) is 6.29 Å². The molecular weight excluding hydrogens is 122 g/mol. The molecule has 0 aliphatic carbocycles. The molecule has 1 atom stereocenters. The summed E-state index contributed by atoms with van der Waals surface area (Å²) in [6, 6.07) is -0.748. The van der Waals surface area contributed by atoms with E-state index >= 15 is 0 Å². The summed E-state index contributed by atoms with van der Waals surface area (Å²) in [6.45, 7) is 0.940. The van der Waals surface area contributed by atoms with Crippen LogP contribution in [0.5, 0.6) is 0 Å². The van der Waals surface area contributed by atoms with Crippen molar-refractivity contribution in [1.29, 1.82) is 0 Å². The van der Waals surface area contributed by atoms with Gasteiger partial charge in [-0.25, -0.2) is 0 Å². The molecule has 0 rings (SSSR count). The first-order valence-electron chi connectivity index (χ1n) is 2.54. The quantitative estimate of drug-likeness (QED) is 0.467. The molecule has 1 amide bonds. The first kappa shape index (κ1) is 8.10. The molecule has 0 aliphatic rings. The first-order valence-corrected chi connectivity index (χ1v) is 2.54. The predicted octanol–water partition coefficient (Wildman–Crippen LogP) is -1.32. The highest BCUT2D eigenvalue weighted by Crippen LogP contribution is 1.73. The van der Waals surface area contributed by atoms with Crippen molar-refractivity contribution in [2.24, 2.45) is 0 Å². The Hall–Kier alpha value is -0.900. The van der Waals surface area contributed by atoms with Crippen LogP contribution in [0.4, 0.5) is 0 Å². The normalized spacial score (nSPS) is 12.2. The molecule has 0 aromatic rings. The molecule has 0 radical (unpaired) electrons. The van der Waals surface area contributed by atoms with E-state index in [0.717, 1.165) is 0 Å². The van der Waals surface area contributed by atoms with E-state index < -0.39 is 6.04 Å². The maximum absolute atomic E-state index is 10.2. The van der Waals surface area contributed by atoms with E-state index in [-0.39, 0.29) is 12.5 Å². The lowest BCUT2D eigenvalue weighted by Gasteiger charge is -2.05. The third kappa shape index (κ3) is 3.66. The topological polar surface area (TPSA) is 66.4 Å². The van der Waals surface area contributed by atoms with Gasteiger partial charge in [0.15, 0.2) is 0 Å². The molecule has 0 fully saturated rings. The van der Waals surface area contributed by atoms with Crippen LogP contribution in [0.15, 0.2) is 0 Å². The van der Waals surface area contributed by atoms with E-state index in [1.54, 1.807) is 0 Å². The standard InChI is InChI=1S/C5H9NO3/c1-4(9)6-5(2-7)3-8/h2,5,8H,3H2,1H3,(H,6,9)/t5-/m0/s1. The van der Waals surface area contributed by atoms with Gasteiger partial charge in [0, 0.05) is 6.92 Å². The largest absolute Gasteiger partial charge is 0.394 e. The van der Waals surface area contributed by atoms with Gasteiger partial charge in [0.25, 0.3) is 0 Å². The number of carbonyl (C=O) groups excluding carboxylic acids is 2. The molecular formula is C5H9NO3. The second-order valence-electron chi connectivity index (χ2n) is 1.63. The summed E-state index contributed by atoms with van der Waals surface area (Å²) in [5, 5.41) is 10.6. The third-order valence-corrected chi connectivity index (χ3v) is 0.750. The van der Waals surface area contributed by atoms with Crippen molar-refractivity contribution < 1.29 is 14.7 Å². The summed E-state index contributed by atoms with van der Waals surface area (Å²) in [7, 11) is 0. The van der Waals surface area contributed by atoms with E-state index in [4.69, 9.17) is 5.11 Å². The van der Waals surface area contributed by atoms with Crippen LogP contribution in [0, 0.1) is 0 Å². The number of rotatable bonds is 3. The Morgan fingerprint density at radius 2 is 2.44 bits per heavy atom. The van der Waals surface area contributed by atoms with Crippen LogP contribution < -0.4 is 5.32 Å². The maximum atomic E-state index is 10.2. The van der Waals surface area contributed by atoms with Gasteiger partial charge in [0.2, 0.25) is 5.91 Å². The summed E-state index contributed by atoms with van der Waals surface area (Å²) in [6.07, 6.45) is 0.488. The van der Waals surface area contributed by atoms with Crippen molar-refractivity contribution in [2.45, 2.75) is 13.0 Å². The summed E-state index contributed by atoms with van der Waals surface area (Å²) in [5.74, 6) is -0.318. The molecule has 4 heteroatoms. The van der Waals surface area contributed by atoms with E-state index in [1.165, 1.54) is 6.92 Å². The molecule has 0 heterocycles. The molecule has 0 saturated heterocycles. The van der Waals surface area contributed by atoms with Gasteiger partial charge in [-0.2, -0.15) is 0 Å². The van der Waals surface area contributed by atoms with Crippen LogP contribution in [0.25, 0.3) is 0 Å². The molecule has 0 bridgehead atoms.